The van der Waals surface area contributed by atoms with E-state index in [0.29, 0.717) is 15.6 Å². The molecule has 0 unspecified atom stereocenters. The average Bonchev–Trinajstić information content (AvgIpc) is 2.99. The Morgan fingerprint density at radius 3 is 2.73 bits per heavy atom. The summed E-state index contributed by atoms with van der Waals surface area (Å²) in [7, 11) is 2.10. The highest BCUT2D eigenvalue weighted by atomic mass is 79.9. The van der Waals surface area contributed by atoms with Gasteiger partial charge in [-0.1, -0.05) is 0 Å². The molecule has 6 nitrogen and oxygen atoms in total. The maximum Gasteiger partial charge on any atom is 0.204 e. The molecular formula is C14H14BrFN6. The highest BCUT2D eigenvalue weighted by Crippen LogP contribution is 2.27. The van der Waals surface area contributed by atoms with Crippen molar-refractivity contribution in [1.29, 1.82) is 0 Å². The van der Waals surface area contributed by atoms with Gasteiger partial charge in [0.05, 0.1) is 15.5 Å². The second kappa shape index (κ2) is 5.13. The van der Waals surface area contributed by atoms with Gasteiger partial charge in [0.1, 0.15) is 12.1 Å². The van der Waals surface area contributed by atoms with Gasteiger partial charge in [0.15, 0.2) is 5.82 Å². The largest absolute Gasteiger partial charge is 0.351 e. The first-order valence-corrected chi connectivity index (χ1v) is 7.85. The molecule has 114 valence electrons. The zero-order valence-corrected chi connectivity index (χ0v) is 13.6. The topological polar surface area (TPSA) is 49.6 Å². The molecule has 0 saturated carbocycles. The first-order valence-electron chi connectivity index (χ1n) is 7.05. The lowest BCUT2D eigenvalue weighted by Gasteiger charge is -2.33. The molecule has 8 heteroatoms. The summed E-state index contributed by atoms with van der Waals surface area (Å²) >= 11 is 3.22. The zero-order valence-electron chi connectivity index (χ0n) is 12.0. The molecule has 1 aliphatic heterocycles. The van der Waals surface area contributed by atoms with Crippen molar-refractivity contribution in [2.24, 2.45) is 0 Å². The second-order valence-corrected chi connectivity index (χ2v) is 6.36. The van der Waals surface area contributed by atoms with Crippen molar-refractivity contribution in [2.75, 3.05) is 38.1 Å². The maximum absolute atomic E-state index is 13.9. The van der Waals surface area contributed by atoms with Gasteiger partial charge in [-0.15, -0.1) is 10.2 Å². The third-order valence-electron chi connectivity index (χ3n) is 4.05. The van der Waals surface area contributed by atoms with E-state index >= 15 is 0 Å². The number of nitrogens with zero attached hydrogens (tertiary/aromatic N) is 6. The van der Waals surface area contributed by atoms with Crippen LogP contribution in [0.5, 0.6) is 0 Å². The number of piperazine rings is 1. The fourth-order valence-electron chi connectivity index (χ4n) is 2.77. The number of rotatable bonds is 1. The van der Waals surface area contributed by atoms with Gasteiger partial charge in [0, 0.05) is 32.2 Å². The van der Waals surface area contributed by atoms with Gasteiger partial charge in [0.2, 0.25) is 5.65 Å². The molecule has 0 N–H and O–H groups in total. The lowest BCUT2D eigenvalue weighted by Crippen LogP contribution is -2.45. The Labute approximate surface area is 134 Å². The van der Waals surface area contributed by atoms with Crippen LogP contribution in [0.1, 0.15) is 0 Å². The van der Waals surface area contributed by atoms with Gasteiger partial charge in [0.25, 0.3) is 0 Å². The lowest BCUT2D eigenvalue weighted by molar-refractivity contribution is 0.312. The minimum Gasteiger partial charge on any atom is -0.351 e. The summed E-state index contributed by atoms with van der Waals surface area (Å²) in [6.45, 7) is 3.68. The number of halogens is 2. The van der Waals surface area contributed by atoms with Crippen LogP contribution in [0.2, 0.25) is 0 Å². The van der Waals surface area contributed by atoms with Crippen molar-refractivity contribution < 1.29 is 4.39 Å². The van der Waals surface area contributed by atoms with Gasteiger partial charge in [-0.05, 0) is 29.0 Å². The minimum atomic E-state index is -0.322. The predicted octanol–water partition coefficient (Wildman–Crippen LogP) is 1.93. The van der Waals surface area contributed by atoms with Crippen LogP contribution in [0.15, 0.2) is 22.9 Å². The quantitative estimate of drug-likeness (QED) is 0.660. The molecule has 2 aromatic heterocycles. The van der Waals surface area contributed by atoms with E-state index in [0.717, 1.165) is 37.5 Å². The van der Waals surface area contributed by atoms with Gasteiger partial charge < -0.3 is 9.80 Å². The molecule has 1 aliphatic rings. The van der Waals surface area contributed by atoms with E-state index in [2.05, 4.69) is 48.0 Å². The Balaban J connectivity index is 1.93. The highest BCUT2D eigenvalue weighted by Gasteiger charge is 2.21. The summed E-state index contributed by atoms with van der Waals surface area (Å²) in [4.78, 5) is 9.11. The molecule has 0 spiro atoms. The van der Waals surface area contributed by atoms with Crippen molar-refractivity contribution >= 4 is 38.4 Å². The molecule has 0 amide bonds. The highest BCUT2D eigenvalue weighted by molar-refractivity contribution is 9.10. The number of hydrogen-bond donors (Lipinski definition) is 0. The van der Waals surface area contributed by atoms with Crippen LogP contribution in [0.4, 0.5) is 10.2 Å². The predicted molar refractivity (Wildman–Crippen MR) is 85.7 cm³/mol. The van der Waals surface area contributed by atoms with E-state index < -0.39 is 0 Å². The summed E-state index contributed by atoms with van der Waals surface area (Å²) in [5.41, 5.74) is 2.09. The van der Waals surface area contributed by atoms with Crippen LogP contribution in [-0.4, -0.2) is 57.7 Å². The van der Waals surface area contributed by atoms with Crippen molar-refractivity contribution in [3.8, 4) is 0 Å². The lowest BCUT2D eigenvalue weighted by atomic mass is 10.2. The van der Waals surface area contributed by atoms with Gasteiger partial charge in [-0.3, -0.25) is 4.40 Å². The summed E-state index contributed by atoms with van der Waals surface area (Å²) in [6, 6.07) is 3.15. The van der Waals surface area contributed by atoms with Crippen LogP contribution in [-0.2, 0) is 0 Å². The molecule has 3 heterocycles. The molecule has 0 aliphatic carbocycles. The van der Waals surface area contributed by atoms with E-state index in [4.69, 9.17) is 0 Å². The molecule has 4 rings (SSSR count). The number of fused-ring (bicyclic) bond motifs is 3. The normalized spacial score (nSPS) is 16.8. The monoisotopic (exact) mass is 364 g/mol. The van der Waals surface area contributed by atoms with Crippen molar-refractivity contribution in [1.82, 2.24) is 24.5 Å². The number of hydrogen-bond acceptors (Lipinski definition) is 5. The molecule has 0 bridgehead atoms. The fourth-order valence-corrected chi connectivity index (χ4v) is 3.10. The maximum atomic E-state index is 13.9. The van der Waals surface area contributed by atoms with Crippen molar-refractivity contribution in [3.05, 3.63) is 28.7 Å². The fraction of sp³-hybridized carbons (Fsp3) is 0.357. The number of aromatic nitrogens is 4. The third kappa shape index (κ3) is 2.14. The molecule has 0 atom stereocenters. The third-order valence-corrected chi connectivity index (χ3v) is 4.66. The summed E-state index contributed by atoms with van der Waals surface area (Å²) < 4.78 is 16.1. The Bertz CT molecular complexity index is 855. The summed E-state index contributed by atoms with van der Waals surface area (Å²) in [6.07, 6.45) is 1.64. The first kappa shape index (κ1) is 13.8. The molecule has 0 radical (unpaired) electrons. The Morgan fingerprint density at radius 2 is 1.95 bits per heavy atom. The van der Waals surface area contributed by atoms with Gasteiger partial charge >= 0.3 is 0 Å². The number of benzene rings is 1. The summed E-state index contributed by atoms with van der Waals surface area (Å²) in [5, 5.41) is 8.20. The van der Waals surface area contributed by atoms with E-state index in [1.807, 2.05) is 4.40 Å². The van der Waals surface area contributed by atoms with E-state index in [1.54, 1.807) is 12.4 Å². The van der Waals surface area contributed by atoms with Crippen molar-refractivity contribution in [2.45, 2.75) is 0 Å². The molecule has 22 heavy (non-hydrogen) atoms. The molecule has 1 saturated heterocycles. The van der Waals surface area contributed by atoms with Crippen LogP contribution in [0.25, 0.3) is 16.7 Å². The van der Waals surface area contributed by atoms with Crippen LogP contribution < -0.4 is 4.90 Å². The zero-order chi connectivity index (χ0) is 15.3. The molecule has 1 aromatic carbocycles. The van der Waals surface area contributed by atoms with Crippen LogP contribution >= 0.6 is 15.9 Å². The van der Waals surface area contributed by atoms with Gasteiger partial charge in [-0.25, -0.2) is 9.37 Å². The smallest absolute Gasteiger partial charge is 0.204 e. The summed E-state index contributed by atoms with van der Waals surface area (Å²) in [5.74, 6) is 0.441. The molecular weight excluding hydrogens is 351 g/mol. The Hall–Kier alpha value is -1.80. The minimum absolute atomic E-state index is 0.322. The molecule has 3 aromatic rings. The van der Waals surface area contributed by atoms with Crippen LogP contribution in [0, 0.1) is 5.82 Å². The second-order valence-electron chi connectivity index (χ2n) is 5.51. The number of anilines is 1. The SMILES string of the molecule is CN1CCN(c2nc3cc(F)c(Br)cc3n3cnnc23)CC1. The van der Waals surface area contributed by atoms with Gasteiger partial charge in [-0.2, -0.15) is 0 Å². The van der Waals surface area contributed by atoms with E-state index in [9.17, 15) is 4.39 Å². The van der Waals surface area contributed by atoms with E-state index in [-0.39, 0.29) is 5.82 Å². The van der Waals surface area contributed by atoms with E-state index in [1.165, 1.54) is 6.07 Å². The number of likely N-dealkylation sites (N-methyl/N-ethyl adjacent to an activating group) is 1. The standard InChI is InChI=1S/C14H14BrFN6/c1-20-2-4-21(5-3-20)13-14-19-17-8-22(14)12-6-9(15)10(16)7-11(12)18-13/h6-8H,2-5H2,1H3. The molecule has 1 fully saturated rings. The average molecular weight is 365 g/mol. The Morgan fingerprint density at radius 1 is 1.18 bits per heavy atom. The van der Waals surface area contributed by atoms with Crippen LogP contribution in [0.3, 0.4) is 0 Å². The van der Waals surface area contributed by atoms with Crippen molar-refractivity contribution in [3.63, 3.8) is 0 Å². The first-order chi connectivity index (χ1) is 10.6. The Kier molecular flexibility index (Phi) is 3.23.